The van der Waals surface area contributed by atoms with Crippen molar-refractivity contribution < 1.29 is 19.1 Å². The highest BCUT2D eigenvalue weighted by atomic mass is 32.1. The molecule has 0 saturated carbocycles. The van der Waals surface area contributed by atoms with Crippen molar-refractivity contribution >= 4 is 51.7 Å². The number of nitrogens with one attached hydrogen (secondary N) is 1. The highest BCUT2D eigenvalue weighted by molar-refractivity contribution is 7.14. The van der Waals surface area contributed by atoms with E-state index >= 15 is 0 Å². The molecule has 1 aromatic heterocycles. The fraction of sp³-hybridized carbons (Fsp3) is 0.167. The van der Waals surface area contributed by atoms with Crippen LogP contribution >= 0.6 is 11.3 Å². The summed E-state index contributed by atoms with van der Waals surface area (Å²) >= 11 is 1.31. The Bertz CT molecular complexity index is 1190. The zero-order valence-electron chi connectivity index (χ0n) is 18.2. The molecule has 164 valence electrons. The summed E-state index contributed by atoms with van der Waals surface area (Å²) in [6.07, 6.45) is 2.92. The average molecular weight is 450 g/mol. The number of hydrogen-bond donors (Lipinski definition) is 1. The van der Waals surface area contributed by atoms with Crippen LogP contribution in [0, 0.1) is 13.8 Å². The fourth-order valence-electron chi connectivity index (χ4n) is 3.06. The zero-order valence-corrected chi connectivity index (χ0v) is 19.0. The van der Waals surface area contributed by atoms with Crippen LogP contribution in [0.4, 0.5) is 16.5 Å². The minimum absolute atomic E-state index is 0.157. The van der Waals surface area contributed by atoms with Crippen LogP contribution in [0.2, 0.25) is 0 Å². The molecule has 0 saturated heterocycles. The number of carbonyl (C=O) groups is 3. The average Bonchev–Trinajstić information content (AvgIpc) is 3.23. The third-order valence-electron chi connectivity index (χ3n) is 4.78. The molecule has 0 aliphatic rings. The summed E-state index contributed by atoms with van der Waals surface area (Å²) in [6.45, 7) is 5.16. The first-order valence-corrected chi connectivity index (χ1v) is 10.7. The van der Waals surface area contributed by atoms with Gasteiger partial charge in [0.2, 0.25) is 11.8 Å². The second kappa shape index (κ2) is 10.0. The molecule has 3 rings (SSSR count). The summed E-state index contributed by atoms with van der Waals surface area (Å²) in [5.74, 6) is -0.985. The molecule has 1 heterocycles. The van der Waals surface area contributed by atoms with Crippen molar-refractivity contribution in [1.82, 2.24) is 4.98 Å². The number of ether oxygens (including phenoxy) is 1. The van der Waals surface area contributed by atoms with E-state index in [9.17, 15) is 14.4 Å². The number of benzene rings is 2. The number of nitrogens with zero attached hydrogens (tertiary/aromatic N) is 2. The van der Waals surface area contributed by atoms with E-state index in [1.165, 1.54) is 36.3 Å². The lowest BCUT2D eigenvalue weighted by Crippen LogP contribution is -2.22. The molecule has 0 bridgehead atoms. The SMILES string of the molecule is COC(=O)c1cc(NC(=O)/C=C/c2csc(N(C(C)=O)c3ccccc3)n2)cc(C)c1C. The van der Waals surface area contributed by atoms with Crippen LogP contribution in [0.3, 0.4) is 0 Å². The number of rotatable bonds is 6. The molecule has 0 aliphatic heterocycles. The van der Waals surface area contributed by atoms with Gasteiger partial charge in [0.15, 0.2) is 5.13 Å². The standard InChI is InChI=1S/C24H23N3O4S/c1-15-12-19(13-21(16(15)2)23(30)31-4)25-22(29)11-10-18-14-32-24(26-18)27(17(3)28)20-8-6-5-7-9-20/h5-14H,1-4H3,(H,25,29)/b11-10+. The van der Waals surface area contributed by atoms with Gasteiger partial charge in [-0.1, -0.05) is 18.2 Å². The molecule has 1 N–H and O–H groups in total. The Morgan fingerprint density at radius 1 is 1.12 bits per heavy atom. The van der Waals surface area contributed by atoms with E-state index in [1.807, 2.05) is 44.2 Å². The van der Waals surface area contributed by atoms with E-state index in [2.05, 4.69) is 10.3 Å². The van der Waals surface area contributed by atoms with Crippen molar-refractivity contribution in [1.29, 1.82) is 0 Å². The van der Waals surface area contributed by atoms with Gasteiger partial charge in [-0.15, -0.1) is 11.3 Å². The molecule has 0 aliphatic carbocycles. The Morgan fingerprint density at radius 2 is 1.84 bits per heavy atom. The van der Waals surface area contributed by atoms with Gasteiger partial charge in [0, 0.05) is 24.1 Å². The highest BCUT2D eigenvalue weighted by Crippen LogP contribution is 2.29. The number of amides is 2. The molecule has 2 aromatic carbocycles. The van der Waals surface area contributed by atoms with Gasteiger partial charge >= 0.3 is 5.97 Å². The molecule has 0 fully saturated rings. The predicted molar refractivity (Wildman–Crippen MR) is 126 cm³/mol. The molecule has 32 heavy (non-hydrogen) atoms. The van der Waals surface area contributed by atoms with Gasteiger partial charge in [-0.25, -0.2) is 9.78 Å². The van der Waals surface area contributed by atoms with Gasteiger partial charge in [0.05, 0.1) is 24.1 Å². The lowest BCUT2D eigenvalue weighted by Gasteiger charge is -2.17. The van der Waals surface area contributed by atoms with Crippen molar-refractivity contribution in [3.8, 4) is 0 Å². The van der Waals surface area contributed by atoms with E-state index in [0.717, 1.165) is 16.8 Å². The molecule has 0 spiro atoms. The van der Waals surface area contributed by atoms with E-state index < -0.39 is 5.97 Å². The zero-order chi connectivity index (χ0) is 23.3. The third kappa shape index (κ3) is 5.28. The second-order valence-electron chi connectivity index (χ2n) is 7.02. The summed E-state index contributed by atoms with van der Waals surface area (Å²) < 4.78 is 4.81. The van der Waals surface area contributed by atoms with Gasteiger partial charge in [0.25, 0.3) is 0 Å². The number of esters is 1. The number of methoxy groups -OCH3 is 1. The summed E-state index contributed by atoms with van der Waals surface area (Å²) in [4.78, 5) is 42.5. The maximum Gasteiger partial charge on any atom is 0.338 e. The largest absolute Gasteiger partial charge is 0.465 e. The number of thiazole rings is 1. The summed E-state index contributed by atoms with van der Waals surface area (Å²) in [5.41, 5.74) is 3.84. The molecular formula is C24H23N3O4S. The van der Waals surface area contributed by atoms with Crippen LogP contribution in [0.25, 0.3) is 6.08 Å². The van der Waals surface area contributed by atoms with Crippen LogP contribution in [-0.2, 0) is 14.3 Å². The summed E-state index contributed by atoms with van der Waals surface area (Å²) in [6, 6.07) is 12.6. The minimum Gasteiger partial charge on any atom is -0.465 e. The Hall–Kier alpha value is -3.78. The van der Waals surface area contributed by atoms with Gasteiger partial charge in [-0.2, -0.15) is 0 Å². The number of anilines is 3. The van der Waals surface area contributed by atoms with Crippen molar-refractivity contribution in [2.45, 2.75) is 20.8 Å². The number of carbonyl (C=O) groups excluding carboxylic acids is 3. The van der Waals surface area contributed by atoms with Crippen molar-refractivity contribution in [3.63, 3.8) is 0 Å². The van der Waals surface area contributed by atoms with Crippen molar-refractivity contribution in [3.05, 3.63) is 76.3 Å². The van der Waals surface area contributed by atoms with Gasteiger partial charge in [-0.05, 0) is 55.3 Å². The van der Waals surface area contributed by atoms with Gasteiger partial charge in [-0.3, -0.25) is 14.5 Å². The number of aryl methyl sites for hydroxylation is 1. The van der Waals surface area contributed by atoms with Crippen LogP contribution in [0.1, 0.15) is 34.1 Å². The number of para-hydroxylation sites is 1. The van der Waals surface area contributed by atoms with Crippen LogP contribution < -0.4 is 10.2 Å². The van der Waals surface area contributed by atoms with Crippen LogP contribution in [-0.4, -0.2) is 29.9 Å². The lowest BCUT2D eigenvalue weighted by molar-refractivity contribution is -0.116. The molecule has 2 amide bonds. The molecule has 0 unspecified atom stereocenters. The lowest BCUT2D eigenvalue weighted by atomic mass is 10.0. The van der Waals surface area contributed by atoms with E-state index in [1.54, 1.807) is 23.6 Å². The molecule has 7 nitrogen and oxygen atoms in total. The topological polar surface area (TPSA) is 88.6 Å². The first-order chi connectivity index (χ1) is 15.3. The first-order valence-electron chi connectivity index (χ1n) is 9.80. The van der Waals surface area contributed by atoms with Gasteiger partial charge in [0.1, 0.15) is 0 Å². The van der Waals surface area contributed by atoms with Gasteiger partial charge < -0.3 is 10.1 Å². The molecule has 0 radical (unpaired) electrons. The molecular weight excluding hydrogens is 426 g/mol. The maximum absolute atomic E-state index is 12.4. The van der Waals surface area contributed by atoms with Crippen molar-refractivity contribution in [2.24, 2.45) is 0 Å². The summed E-state index contributed by atoms with van der Waals surface area (Å²) in [5, 5.41) is 5.03. The quantitative estimate of drug-likeness (QED) is 0.428. The Labute approximate surface area is 190 Å². The third-order valence-corrected chi connectivity index (χ3v) is 5.62. The second-order valence-corrected chi connectivity index (χ2v) is 7.86. The van der Waals surface area contributed by atoms with Crippen molar-refractivity contribution in [2.75, 3.05) is 17.3 Å². The van der Waals surface area contributed by atoms with E-state index in [4.69, 9.17) is 4.74 Å². The smallest absolute Gasteiger partial charge is 0.338 e. The number of hydrogen-bond acceptors (Lipinski definition) is 6. The van der Waals surface area contributed by atoms with E-state index in [0.29, 0.717) is 22.1 Å². The van der Waals surface area contributed by atoms with Crippen LogP contribution in [0.15, 0.2) is 53.9 Å². The Balaban J connectivity index is 1.75. The molecule has 0 atom stereocenters. The Morgan fingerprint density at radius 3 is 2.50 bits per heavy atom. The van der Waals surface area contributed by atoms with E-state index in [-0.39, 0.29) is 11.8 Å². The van der Waals surface area contributed by atoms with Crippen LogP contribution in [0.5, 0.6) is 0 Å². The minimum atomic E-state index is -0.458. The number of aromatic nitrogens is 1. The fourth-order valence-corrected chi connectivity index (χ4v) is 3.91. The highest BCUT2D eigenvalue weighted by Gasteiger charge is 2.17. The molecule has 3 aromatic rings. The predicted octanol–water partition coefficient (Wildman–Crippen LogP) is 4.88. The Kier molecular flexibility index (Phi) is 7.17. The first kappa shape index (κ1) is 22.9. The summed E-state index contributed by atoms with van der Waals surface area (Å²) in [7, 11) is 1.32. The monoisotopic (exact) mass is 449 g/mol. The molecule has 8 heteroatoms. The normalized spacial score (nSPS) is 10.8. The maximum atomic E-state index is 12.4.